The highest BCUT2D eigenvalue weighted by Gasteiger charge is 2.10. The van der Waals surface area contributed by atoms with Gasteiger partial charge in [0.1, 0.15) is 0 Å². The highest BCUT2D eigenvalue weighted by atomic mass is 35.5. The summed E-state index contributed by atoms with van der Waals surface area (Å²) in [5.41, 5.74) is 0.230. The van der Waals surface area contributed by atoms with Gasteiger partial charge in [0.2, 0.25) is 0 Å². The number of carbonyl (C=O) groups is 1. The van der Waals surface area contributed by atoms with E-state index >= 15 is 0 Å². The van der Waals surface area contributed by atoms with Crippen molar-refractivity contribution < 1.29 is 14.6 Å². The van der Waals surface area contributed by atoms with Crippen LogP contribution < -0.4 is 5.32 Å². The van der Waals surface area contributed by atoms with E-state index in [2.05, 4.69) is 5.32 Å². The largest absolute Gasteiger partial charge is 0.504 e. The third-order valence-electron chi connectivity index (χ3n) is 1.57. The van der Waals surface area contributed by atoms with Crippen LogP contribution in [0.25, 0.3) is 0 Å². The standard InChI is InChI=1S/C10H12ClNO3/c1-6(2)15-10(14)12-8-5-3-4-7(11)9(8)13/h3-6,13H,1-2H3,(H,12,14). The molecule has 0 aliphatic heterocycles. The molecular formula is C10H12ClNO3. The van der Waals surface area contributed by atoms with Crippen LogP contribution in [0, 0.1) is 0 Å². The van der Waals surface area contributed by atoms with Gasteiger partial charge < -0.3 is 9.84 Å². The Labute approximate surface area is 92.8 Å². The number of aromatic hydroxyl groups is 1. The van der Waals surface area contributed by atoms with Gasteiger partial charge in [-0.15, -0.1) is 0 Å². The lowest BCUT2D eigenvalue weighted by molar-refractivity contribution is 0.130. The van der Waals surface area contributed by atoms with Crippen molar-refractivity contribution in [2.24, 2.45) is 0 Å². The quantitative estimate of drug-likeness (QED) is 0.767. The Hall–Kier alpha value is -1.42. The molecule has 82 valence electrons. The number of benzene rings is 1. The molecule has 0 atom stereocenters. The van der Waals surface area contributed by atoms with Gasteiger partial charge in [-0.3, -0.25) is 5.32 Å². The van der Waals surface area contributed by atoms with Crippen LogP contribution in [0.3, 0.4) is 0 Å². The summed E-state index contributed by atoms with van der Waals surface area (Å²) in [5, 5.41) is 12.0. The summed E-state index contributed by atoms with van der Waals surface area (Å²) < 4.78 is 4.84. The second kappa shape index (κ2) is 4.89. The van der Waals surface area contributed by atoms with Crippen molar-refractivity contribution >= 4 is 23.4 Å². The molecule has 1 aromatic carbocycles. The first kappa shape index (κ1) is 11.7. The molecule has 0 unspecified atom stereocenters. The number of nitrogens with one attached hydrogen (secondary N) is 1. The van der Waals surface area contributed by atoms with Crippen LogP contribution in [-0.4, -0.2) is 17.3 Å². The third kappa shape index (κ3) is 3.32. The summed E-state index contributed by atoms with van der Waals surface area (Å²) in [6.07, 6.45) is -0.839. The predicted molar refractivity (Wildman–Crippen MR) is 58.4 cm³/mol. The van der Waals surface area contributed by atoms with Crippen LogP contribution in [0.4, 0.5) is 10.5 Å². The molecule has 4 nitrogen and oxygen atoms in total. The van der Waals surface area contributed by atoms with E-state index in [1.807, 2.05) is 0 Å². The van der Waals surface area contributed by atoms with Crippen molar-refractivity contribution in [2.45, 2.75) is 20.0 Å². The molecule has 0 aliphatic rings. The van der Waals surface area contributed by atoms with Crippen molar-refractivity contribution in [2.75, 3.05) is 5.32 Å². The number of anilines is 1. The van der Waals surface area contributed by atoms with E-state index in [4.69, 9.17) is 16.3 Å². The second-order valence-corrected chi connectivity index (χ2v) is 3.62. The maximum atomic E-state index is 11.2. The monoisotopic (exact) mass is 229 g/mol. The number of rotatable bonds is 2. The fourth-order valence-electron chi connectivity index (χ4n) is 0.970. The van der Waals surface area contributed by atoms with Gasteiger partial charge in [0.25, 0.3) is 0 Å². The molecule has 1 aromatic rings. The number of halogens is 1. The lowest BCUT2D eigenvalue weighted by Crippen LogP contribution is -2.17. The van der Waals surface area contributed by atoms with Crippen molar-refractivity contribution in [1.82, 2.24) is 0 Å². The summed E-state index contributed by atoms with van der Waals surface area (Å²) in [4.78, 5) is 11.2. The summed E-state index contributed by atoms with van der Waals surface area (Å²) in [7, 11) is 0. The number of ether oxygens (including phenoxy) is 1. The number of phenols is 1. The Morgan fingerprint density at radius 2 is 2.20 bits per heavy atom. The van der Waals surface area contributed by atoms with E-state index in [-0.39, 0.29) is 22.6 Å². The fourth-order valence-corrected chi connectivity index (χ4v) is 1.14. The number of phenolic OH excluding ortho intramolecular Hbond substituents is 1. The van der Waals surface area contributed by atoms with E-state index in [9.17, 15) is 9.90 Å². The van der Waals surface area contributed by atoms with Crippen LogP contribution in [0.15, 0.2) is 18.2 Å². The van der Waals surface area contributed by atoms with Crippen molar-refractivity contribution in [3.05, 3.63) is 23.2 Å². The first-order valence-electron chi connectivity index (χ1n) is 4.46. The average Bonchev–Trinajstić information content (AvgIpc) is 2.11. The van der Waals surface area contributed by atoms with Crippen molar-refractivity contribution in [3.8, 4) is 5.75 Å². The SMILES string of the molecule is CC(C)OC(=O)Nc1cccc(Cl)c1O. The van der Waals surface area contributed by atoms with Crippen LogP contribution in [0.5, 0.6) is 5.75 Å². The Morgan fingerprint density at radius 1 is 1.53 bits per heavy atom. The first-order chi connectivity index (χ1) is 7.00. The molecule has 0 saturated carbocycles. The van der Waals surface area contributed by atoms with Crippen molar-refractivity contribution in [1.29, 1.82) is 0 Å². The summed E-state index contributed by atoms with van der Waals surface area (Å²) in [6.45, 7) is 3.47. The molecule has 0 bridgehead atoms. The zero-order valence-electron chi connectivity index (χ0n) is 8.45. The van der Waals surface area contributed by atoms with Crippen LogP contribution in [0.2, 0.25) is 5.02 Å². The molecule has 0 spiro atoms. The van der Waals surface area contributed by atoms with E-state index in [1.165, 1.54) is 12.1 Å². The summed E-state index contributed by atoms with van der Waals surface area (Å²) in [5.74, 6) is -0.167. The van der Waals surface area contributed by atoms with E-state index in [1.54, 1.807) is 19.9 Å². The first-order valence-corrected chi connectivity index (χ1v) is 4.83. The maximum Gasteiger partial charge on any atom is 0.411 e. The van der Waals surface area contributed by atoms with Gasteiger partial charge >= 0.3 is 6.09 Å². The molecule has 1 rings (SSSR count). The van der Waals surface area contributed by atoms with Gasteiger partial charge in [0.15, 0.2) is 5.75 Å². The summed E-state index contributed by atoms with van der Waals surface area (Å²) >= 11 is 5.66. The molecule has 0 aliphatic carbocycles. The van der Waals surface area contributed by atoms with Gasteiger partial charge in [0, 0.05) is 0 Å². The molecule has 15 heavy (non-hydrogen) atoms. The van der Waals surface area contributed by atoms with Gasteiger partial charge in [-0.1, -0.05) is 17.7 Å². The second-order valence-electron chi connectivity index (χ2n) is 3.22. The minimum atomic E-state index is -0.623. The normalized spacial score (nSPS) is 10.1. The molecule has 0 fully saturated rings. The van der Waals surface area contributed by atoms with E-state index in [0.717, 1.165) is 0 Å². The molecule has 0 aromatic heterocycles. The smallest absolute Gasteiger partial charge is 0.411 e. The van der Waals surface area contributed by atoms with Crippen molar-refractivity contribution in [3.63, 3.8) is 0 Å². The predicted octanol–water partition coefficient (Wildman–Crippen LogP) is 3.00. The maximum absolute atomic E-state index is 11.2. The minimum Gasteiger partial charge on any atom is -0.504 e. The van der Waals surface area contributed by atoms with Crippen LogP contribution in [-0.2, 0) is 4.74 Å². The molecule has 0 saturated heterocycles. The van der Waals surface area contributed by atoms with Gasteiger partial charge in [-0.05, 0) is 26.0 Å². The highest BCUT2D eigenvalue weighted by molar-refractivity contribution is 6.32. The Bertz CT molecular complexity index is 366. The lowest BCUT2D eigenvalue weighted by Gasteiger charge is -2.10. The molecule has 0 radical (unpaired) electrons. The zero-order chi connectivity index (χ0) is 11.4. The lowest BCUT2D eigenvalue weighted by atomic mass is 10.3. The van der Waals surface area contributed by atoms with Gasteiger partial charge in [0.05, 0.1) is 16.8 Å². The Balaban J connectivity index is 2.73. The number of para-hydroxylation sites is 1. The fraction of sp³-hybridized carbons (Fsp3) is 0.300. The molecule has 0 heterocycles. The summed E-state index contributed by atoms with van der Waals surface area (Å²) in [6, 6.07) is 4.67. The molecule has 2 N–H and O–H groups in total. The number of hydrogen-bond donors (Lipinski definition) is 2. The number of hydrogen-bond acceptors (Lipinski definition) is 3. The van der Waals surface area contributed by atoms with Crippen LogP contribution in [0.1, 0.15) is 13.8 Å². The van der Waals surface area contributed by atoms with Gasteiger partial charge in [-0.2, -0.15) is 0 Å². The molecular weight excluding hydrogens is 218 g/mol. The topological polar surface area (TPSA) is 58.6 Å². The van der Waals surface area contributed by atoms with E-state index < -0.39 is 6.09 Å². The third-order valence-corrected chi connectivity index (χ3v) is 1.87. The van der Waals surface area contributed by atoms with E-state index in [0.29, 0.717) is 0 Å². The zero-order valence-corrected chi connectivity index (χ0v) is 9.21. The van der Waals surface area contributed by atoms with Gasteiger partial charge in [-0.25, -0.2) is 4.79 Å². The molecule has 5 heteroatoms. The Kier molecular flexibility index (Phi) is 3.80. The number of amides is 1. The molecule has 1 amide bonds. The minimum absolute atomic E-state index is 0.167. The average molecular weight is 230 g/mol. The van der Waals surface area contributed by atoms with Crippen LogP contribution >= 0.6 is 11.6 Å². The Morgan fingerprint density at radius 3 is 2.80 bits per heavy atom. The highest BCUT2D eigenvalue weighted by Crippen LogP contribution is 2.31. The number of carbonyl (C=O) groups excluding carboxylic acids is 1.